The van der Waals surface area contributed by atoms with Crippen molar-refractivity contribution >= 4 is 22.4 Å². The first kappa shape index (κ1) is 22.5. The third kappa shape index (κ3) is 3.57. The second kappa shape index (κ2) is 7.92. The highest BCUT2D eigenvalue weighted by atomic mass is 19.4. The summed E-state index contributed by atoms with van der Waals surface area (Å²) in [5.41, 5.74) is 1.50. The zero-order valence-electron chi connectivity index (χ0n) is 18.5. The largest absolute Gasteiger partial charge is 0.467 e. The molecule has 2 aliphatic rings. The first-order valence-corrected chi connectivity index (χ1v) is 10.9. The van der Waals surface area contributed by atoms with Crippen LogP contribution in [-0.4, -0.2) is 34.6 Å². The topological polar surface area (TPSA) is 77.2 Å². The molecule has 2 aromatic heterocycles. The molecule has 11 heteroatoms. The highest BCUT2D eigenvalue weighted by Crippen LogP contribution is 2.46. The van der Waals surface area contributed by atoms with Gasteiger partial charge in [0.2, 0.25) is 0 Å². The summed E-state index contributed by atoms with van der Waals surface area (Å²) in [5.74, 6) is -1.31. The monoisotopic (exact) mass is 479 g/mol. The molecule has 2 N–H and O–H groups in total. The van der Waals surface area contributed by atoms with Crippen LogP contribution in [0.15, 0.2) is 12.3 Å². The molecule has 0 bridgehead atoms. The summed E-state index contributed by atoms with van der Waals surface area (Å²) < 4.78 is 76.8. The van der Waals surface area contributed by atoms with Crippen molar-refractivity contribution in [2.24, 2.45) is 5.92 Å². The van der Waals surface area contributed by atoms with Crippen molar-refractivity contribution < 1.29 is 26.7 Å². The first-order valence-electron chi connectivity index (χ1n) is 10.9. The minimum Gasteiger partial charge on any atom is -0.467 e. The second-order valence-electron chi connectivity index (χ2n) is 8.79. The van der Waals surface area contributed by atoms with E-state index in [-0.39, 0.29) is 23.0 Å². The fourth-order valence-electron chi connectivity index (χ4n) is 4.93. The summed E-state index contributed by atoms with van der Waals surface area (Å²) in [6, 6.07) is 0.918. The Morgan fingerprint density at radius 1 is 1.15 bits per heavy atom. The lowest BCUT2D eigenvalue weighted by molar-refractivity contribution is -0.137. The molecule has 6 nitrogen and oxygen atoms in total. The molecular weight excluding hydrogens is 457 g/mol. The summed E-state index contributed by atoms with van der Waals surface area (Å²) >= 11 is 0. The smallest absolute Gasteiger partial charge is 0.417 e. The maximum Gasteiger partial charge on any atom is 0.417 e. The molecule has 2 unspecified atom stereocenters. The van der Waals surface area contributed by atoms with Crippen LogP contribution >= 0.6 is 0 Å². The lowest BCUT2D eigenvalue weighted by Crippen LogP contribution is -2.28. The van der Waals surface area contributed by atoms with E-state index in [2.05, 4.69) is 19.9 Å². The molecule has 34 heavy (non-hydrogen) atoms. The van der Waals surface area contributed by atoms with Gasteiger partial charge in [0, 0.05) is 24.3 Å². The van der Waals surface area contributed by atoms with Crippen LogP contribution in [0.5, 0.6) is 6.01 Å². The fourth-order valence-corrected chi connectivity index (χ4v) is 4.93. The Morgan fingerprint density at radius 2 is 1.91 bits per heavy atom. The van der Waals surface area contributed by atoms with Gasteiger partial charge < -0.3 is 15.4 Å². The van der Waals surface area contributed by atoms with E-state index in [9.17, 15) is 17.6 Å². The number of rotatable bonds is 3. The molecule has 2 atom stereocenters. The molecule has 1 aliphatic heterocycles. The number of ether oxygens (including phenoxy) is 1. The molecule has 0 spiro atoms. The number of benzene rings is 1. The number of nitrogens with zero attached hydrogens (tertiary/aromatic N) is 4. The number of alkyl halides is 3. The third-order valence-electron chi connectivity index (χ3n) is 6.67. The predicted octanol–water partition coefficient (Wildman–Crippen LogP) is 5.27. The zero-order chi connectivity index (χ0) is 24.4. The van der Waals surface area contributed by atoms with Crippen LogP contribution in [-0.2, 0) is 6.18 Å². The van der Waals surface area contributed by atoms with E-state index >= 15 is 4.39 Å². The molecule has 2 fully saturated rings. The molecular formula is C23H22F5N5O. The Bertz CT molecular complexity index is 1300. The number of methoxy groups -OCH3 is 1. The summed E-state index contributed by atoms with van der Waals surface area (Å²) in [5, 5.41) is 0.273. The van der Waals surface area contributed by atoms with Gasteiger partial charge in [-0.3, -0.25) is 4.98 Å². The van der Waals surface area contributed by atoms with Gasteiger partial charge in [-0.25, -0.2) is 8.78 Å². The maximum absolute atomic E-state index is 15.8. The Labute approximate surface area is 192 Å². The lowest BCUT2D eigenvalue weighted by Gasteiger charge is -2.24. The number of hydrogen-bond donors (Lipinski definition) is 1. The van der Waals surface area contributed by atoms with Crippen molar-refractivity contribution in [2.45, 2.75) is 44.8 Å². The maximum atomic E-state index is 15.8. The van der Waals surface area contributed by atoms with Gasteiger partial charge in [0.25, 0.3) is 0 Å². The Balaban J connectivity index is 1.74. The number of nitrogen functional groups attached to an aromatic ring is 1. The molecule has 1 saturated heterocycles. The van der Waals surface area contributed by atoms with Gasteiger partial charge in [-0.05, 0) is 43.7 Å². The van der Waals surface area contributed by atoms with E-state index in [4.69, 9.17) is 10.5 Å². The third-order valence-corrected chi connectivity index (χ3v) is 6.67. The normalized spacial score (nSPS) is 20.3. The van der Waals surface area contributed by atoms with Gasteiger partial charge in [0.05, 0.1) is 23.7 Å². The fraction of sp³-hybridized carbons (Fsp3) is 0.435. The van der Waals surface area contributed by atoms with Gasteiger partial charge >= 0.3 is 12.2 Å². The van der Waals surface area contributed by atoms with E-state index in [1.165, 1.54) is 13.3 Å². The lowest BCUT2D eigenvalue weighted by atomic mass is 9.96. The summed E-state index contributed by atoms with van der Waals surface area (Å²) in [6.07, 6.45) is 0.449. The number of aromatic nitrogens is 3. The molecule has 5 rings (SSSR count). The van der Waals surface area contributed by atoms with Crippen molar-refractivity contribution in [1.29, 1.82) is 0 Å². The van der Waals surface area contributed by atoms with Crippen LogP contribution < -0.4 is 15.4 Å². The van der Waals surface area contributed by atoms with Crippen LogP contribution in [0, 0.1) is 24.5 Å². The van der Waals surface area contributed by atoms with E-state index in [1.807, 2.05) is 0 Å². The van der Waals surface area contributed by atoms with Gasteiger partial charge in [0.15, 0.2) is 5.82 Å². The van der Waals surface area contributed by atoms with E-state index in [0.29, 0.717) is 18.3 Å². The van der Waals surface area contributed by atoms with Gasteiger partial charge in [0.1, 0.15) is 22.8 Å². The zero-order valence-corrected chi connectivity index (χ0v) is 18.5. The molecule has 1 aromatic carbocycles. The highest BCUT2D eigenvalue weighted by Gasteiger charge is 2.44. The molecule has 1 saturated carbocycles. The van der Waals surface area contributed by atoms with Crippen molar-refractivity contribution in [3.63, 3.8) is 0 Å². The summed E-state index contributed by atoms with van der Waals surface area (Å²) in [7, 11) is 1.33. The van der Waals surface area contributed by atoms with E-state index in [0.717, 1.165) is 38.7 Å². The quantitative estimate of drug-likeness (QED) is 0.408. The van der Waals surface area contributed by atoms with Crippen molar-refractivity contribution in [1.82, 2.24) is 15.0 Å². The average molecular weight is 479 g/mol. The number of pyridine rings is 1. The van der Waals surface area contributed by atoms with Crippen molar-refractivity contribution in [2.75, 3.05) is 24.3 Å². The Kier molecular flexibility index (Phi) is 5.25. The molecule has 180 valence electrons. The number of nitrogens with two attached hydrogens (primary N) is 1. The molecule has 3 aromatic rings. The average Bonchev–Trinajstić information content (AvgIpc) is 3.56. The van der Waals surface area contributed by atoms with Crippen LogP contribution in [0.3, 0.4) is 0 Å². The van der Waals surface area contributed by atoms with Gasteiger partial charge in [-0.2, -0.15) is 23.1 Å². The molecule has 0 radical (unpaired) electrons. The predicted molar refractivity (Wildman–Crippen MR) is 116 cm³/mol. The SMILES string of the molecule is COc1nc(N2CCCCC3CC32)c2cnc(-c3cc(N)c(F)c(C)c3C(F)(F)F)c(F)c2n1. The highest BCUT2D eigenvalue weighted by molar-refractivity contribution is 5.92. The summed E-state index contributed by atoms with van der Waals surface area (Å²) in [4.78, 5) is 14.7. The molecule has 0 amide bonds. The van der Waals surface area contributed by atoms with E-state index in [1.54, 1.807) is 0 Å². The van der Waals surface area contributed by atoms with Crippen molar-refractivity contribution in [3.8, 4) is 17.3 Å². The first-order chi connectivity index (χ1) is 16.1. The van der Waals surface area contributed by atoms with Crippen LogP contribution in [0.2, 0.25) is 0 Å². The van der Waals surface area contributed by atoms with Crippen LogP contribution in [0.25, 0.3) is 22.2 Å². The Morgan fingerprint density at radius 3 is 2.62 bits per heavy atom. The summed E-state index contributed by atoms with van der Waals surface area (Å²) in [6.45, 7) is 1.66. The van der Waals surface area contributed by atoms with Gasteiger partial charge in [-0.15, -0.1) is 0 Å². The molecule has 3 heterocycles. The van der Waals surface area contributed by atoms with Gasteiger partial charge in [-0.1, -0.05) is 6.42 Å². The molecule has 1 aliphatic carbocycles. The standard InChI is InChI=1S/C23H22F5N5O/c1-10-16(23(26,27)28)12(8-14(29)17(10)24)19-18(25)20-13(9-30-19)21(32-22(31-20)34-2)33-6-4-3-5-11-7-15(11)33/h8-9,11,15H,3-7,29H2,1-2H3. The second-order valence-corrected chi connectivity index (χ2v) is 8.79. The number of hydrogen-bond acceptors (Lipinski definition) is 6. The minimum absolute atomic E-state index is 0.106. The number of halogens is 5. The van der Waals surface area contributed by atoms with Crippen LogP contribution in [0.1, 0.15) is 36.8 Å². The number of fused-ring (bicyclic) bond motifs is 2. The number of anilines is 2. The Hall–Kier alpha value is -3.24. The van der Waals surface area contributed by atoms with Crippen LogP contribution in [0.4, 0.5) is 33.5 Å². The van der Waals surface area contributed by atoms with Crippen molar-refractivity contribution in [3.05, 3.63) is 35.0 Å². The van der Waals surface area contributed by atoms with E-state index < -0.39 is 45.9 Å². The minimum atomic E-state index is -4.96.